The molecule has 2 heterocycles. The Labute approximate surface area is 113 Å². The van der Waals surface area contributed by atoms with Gasteiger partial charge in [-0.2, -0.15) is 0 Å². The first kappa shape index (κ1) is 12.9. The number of carbonyl (C=O) groups is 1. The van der Waals surface area contributed by atoms with E-state index in [1.807, 2.05) is 13.0 Å². The summed E-state index contributed by atoms with van der Waals surface area (Å²) in [6.45, 7) is 1.93. The van der Waals surface area contributed by atoms with Crippen molar-refractivity contribution in [2.75, 3.05) is 5.73 Å². The quantitative estimate of drug-likeness (QED) is 0.842. The normalized spacial score (nSPS) is 10.5. The smallest absolute Gasteiger partial charge is 0.345 e. The average molecular weight is 280 g/mol. The van der Waals surface area contributed by atoms with Crippen LogP contribution in [0.5, 0.6) is 0 Å². The van der Waals surface area contributed by atoms with Gasteiger partial charge in [-0.3, -0.25) is 4.98 Å². The van der Waals surface area contributed by atoms with Gasteiger partial charge in [-0.05, 0) is 24.6 Å². The van der Waals surface area contributed by atoms with Crippen molar-refractivity contribution < 1.29 is 9.90 Å². The summed E-state index contributed by atoms with van der Waals surface area (Å²) in [4.78, 5) is 17.2. The fourth-order valence-corrected chi connectivity index (χ4v) is 3.41. The minimum Gasteiger partial charge on any atom is -0.477 e. The van der Waals surface area contributed by atoms with Gasteiger partial charge in [0.15, 0.2) is 0 Å². The first-order valence-corrected chi connectivity index (χ1v) is 7.03. The summed E-state index contributed by atoms with van der Waals surface area (Å²) in [6, 6.07) is 3.59. The standard InChI is InChI=1S/C12H12N2O2S2/c1-7-8(4-11(18-7)12(15)16)6-17-10-2-3-14-5-9(10)13/h2-5H,6,13H2,1H3,(H,15,16). The lowest BCUT2D eigenvalue weighted by Gasteiger charge is -2.03. The maximum Gasteiger partial charge on any atom is 0.345 e. The second-order valence-corrected chi connectivity index (χ2v) is 5.97. The van der Waals surface area contributed by atoms with E-state index in [0.29, 0.717) is 16.3 Å². The molecule has 0 aliphatic carbocycles. The molecule has 18 heavy (non-hydrogen) atoms. The van der Waals surface area contributed by atoms with Crippen LogP contribution in [0, 0.1) is 6.92 Å². The van der Waals surface area contributed by atoms with E-state index in [1.165, 1.54) is 11.3 Å². The van der Waals surface area contributed by atoms with Crippen LogP contribution >= 0.6 is 23.1 Å². The van der Waals surface area contributed by atoms with Gasteiger partial charge in [-0.15, -0.1) is 23.1 Å². The lowest BCUT2D eigenvalue weighted by molar-refractivity contribution is 0.0702. The number of thiophene rings is 1. The Hall–Kier alpha value is -1.53. The molecule has 0 aromatic carbocycles. The Kier molecular flexibility index (Phi) is 3.88. The number of pyridine rings is 1. The van der Waals surface area contributed by atoms with Crippen LogP contribution in [0.3, 0.4) is 0 Å². The molecule has 0 atom stereocenters. The first-order chi connectivity index (χ1) is 8.58. The summed E-state index contributed by atoms with van der Waals surface area (Å²) in [5, 5.41) is 8.93. The maximum absolute atomic E-state index is 10.9. The number of anilines is 1. The van der Waals surface area contributed by atoms with E-state index >= 15 is 0 Å². The zero-order chi connectivity index (χ0) is 13.1. The highest BCUT2D eigenvalue weighted by molar-refractivity contribution is 7.98. The van der Waals surface area contributed by atoms with Crippen LogP contribution in [0.2, 0.25) is 0 Å². The van der Waals surface area contributed by atoms with E-state index in [4.69, 9.17) is 10.8 Å². The molecule has 0 aliphatic rings. The summed E-state index contributed by atoms with van der Waals surface area (Å²) >= 11 is 2.89. The van der Waals surface area contributed by atoms with Crippen LogP contribution in [-0.2, 0) is 5.75 Å². The van der Waals surface area contributed by atoms with E-state index in [0.717, 1.165) is 15.3 Å². The van der Waals surface area contributed by atoms with Gasteiger partial charge < -0.3 is 10.8 Å². The number of aryl methyl sites for hydroxylation is 1. The molecule has 94 valence electrons. The fraction of sp³-hybridized carbons (Fsp3) is 0.167. The molecule has 0 fully saturated rings. The molecule has 0 bridgehead atoms. The predicted molar refractivity (Wildman–Crippen MR) is 74.2 cm³/mol. The summed E-state index contributed by atoms with van der Waals surface area (Å²) in [7, 11) is 0. The van der Waals surface area contributed by atoms with E-state index in [1.54, 1.807) is 30.2 Å². The van der Waals surface area contributed by atoms with Gasteiger partial charge in [0.05, 0.1) is 11.9 Å². The molecule has 0 aliphatic heterocycles. The number of hydrogen-bond acceptors (Lipinski definition) is 5. The Balaban J connectivity index is 2.11. The topological polar surface area (TPSA) is 76.2 Å². The lowest BCUT2D eigenvalue weighted by Crippen LogP contribution is -1.91. The van der Waals surface area contributed by atoms with Gasteiger partial charge in [0.2, 0.25) is 0 Å². The zero-order valence-corrected chi connectivity index (χ0v) is 11.3. The predicted octanol–water partition coefficient (Wildman–Crippen LogP) is 3.02. The lowest BCUT2D eigenvalue weighted by atomic mass is 10.3. The van der Waals surface area contributed by atoms with Crippen molar-refractivity contribution in [2.24, 2.45) is 0 Å². The fourth-order valence-electron chi connectivity index (χ4n) is 1.45. The molecule has 0 unspecified atom stereocenters. The highest BCUT2D eigenvalue weighted by Gasteiger charge is 2.11. The SMILES string of the molecule is Cc1sc(C(=O)O)cc1CSc1ccncc1N. The molecule has 0 amide bonds. The first-order valence-electron chi connectivity index (χ1n) is 5.23. The summed E-state index contributed by atoms with van der Waals surface area (Å²) in [6.07, 6.45) is 3.31. The second kappa shape index (κ2) is 5.41. The minimum absolute atomic E-state index is 0.380. The zero-order valence-electron chi connectivity index (χ0n) is 9.71. The highest BCUT2D eigenvalue weighted by atomic mass is 32.2. The van der Waals surface area contributed by atoms with Gasteiger partial charge in [-0.25, -0.2) is 4.79 Å². The highest BCUT2D eigenvalue weighted by Crippen LogP contribution is 2.31. The number of aromatic nitrogens is 1. The Morgan fingerprint density at radius 2 is 2.39 bits per heavy atom. The minimum atomic E-state index is -0.872. The average Bonchev–Trinajstić information content (AvgIpc) is 2.70. The van der Waals surface area contributed by atoms with Crippen LogP contribution < -0.4 is 5.73 Å². The Morgan fingerprint density at radius 3 is 3.00 bits per heavy atom. The van der Waals surface area contributed by atoms with Gasteiger partial charge >= 0.3 is 5.97 Å². The molecule has 2 rings (SSSR count). The molecule has 6 heteroatoms. The summed E-state index contributed by atoms with van der Waals surface area (Å²) in [5.74, 6) is -0.160. The third-order valence-corrected chi connectivity index (χ3v) is 4.64. The molecule has 0 radical (unpaired) electrons. The molecule has 2 aromatic rings. The number of thioether (sulfide) groups is 1. The van der Waals surface area contributed by atoms with Crippen molar-refractivity contribution in [3.63, 3.8) is 0 Å². The summed E-state index contributed by atoms with van der Waals surface area (Å²) in [5.41, 5.74) is 7.49. The number of nitrogens with two attached hydrogens (primary N) is 1. The number of aromatic carboxylic acids is 1. The van der Waals surface area contributed by atoms with Crippen molar-refractivity contribution in [2.45, 2.75) is 17.6 Å². The third kappa shape index (κ3) is 2.83. The van der Waals surface area contributed by atoms with Gasteiger partial charge in [0, 0.05) is 21.7 Å². The molecule has 0 saturated heterocycles. The van der Waals surface area contributed by atoms with Crippen LogP contribution in [0.1, 0.15) is 20.1 Å². The van der Waals surface area contributed by atoms with E-state index in [-0.39, 0.29) is 0 Å². The maximum atomic E-state index is 10.9. The van der Waals surface area contributed by atoms with Crippen molar-refractivity contribution in [1.82, 2.24) is 4.98 Å². The van der Waals surface area contributed by atoms with Crippen molar-refractivity contribution in [1.29, 1.82) is 0 Å². The molecule has 0 spiro atoms. The van der Waals surface area contributed by atoms with E-state index in [9.17, 15) is 4.79 Å². The summed E-state index contributed by atoms with van der Waals surface area (Å²) < 4.78 is 0. The third-order valence-electron chi connectivity index (χ3n) is 2.42. The van der Waals surface area contributed by atoms with E-state index < -0.39 is 5.97 Å². The molecular weight excluding hydrogens is 268 g/mol. The Bertz CT molecular complexity index is 581. The molecule has 2 aromatic heterocycles. The van der Waals surface area contributed by atoms with Crippen molar-refractivity contribution >= 4 is 34.8 Å². The van der Waals surface area contributed by atoms with Gasteiger partial charge in [0.1, 0.15) is 4.88 Å². The van der Waals surface area contributed by atoms with Crippen molar-refractivity contribution in [3.8, 4) is 0 Å². The molecule has 4 nitrogen and oxygen atoms in total. The number of rotatable bonds is 4. The van der Waals surface area contributed by atoms with Crippen LogP contribution in [0.25, 0.3) is 0 Å². The second-order valence-electron chi connectivity index (χ2n) is 3.70. The van der Waals surface area contributed by atoms with Gasteiger partial charge in [0.25, 0.3) is 0 Å². The number of nitrogens with zero attached hydrogens (tertiary/aromatic N) is 1. The van der Waals surface area contributed by atoms with Crippen LogP contribution in [0.4, 0.5) is 5.69 Å². The number of nitrogen functional groups attached to an aromatic ring is 1. The van der Waals surface area contributed by atoms with Crippen LogP contribution in [0.15, 0.2) is 29.4 Å². The Morgan fingerprint density at radius 1 is 1.61 bits per heavy atom. The largest absolute Gasteiger partial charge is 0.477 e. The number of carboxylic acid groups (broad SMARTS) is 1. The van der Waals surface area contributed by atoms with Crippen molar-refractivity contribution in [3.05, 3.63) is 39.8 Å². The molecule has 0 saturated carbocycles. The molecule has 3 N–H and O–H groups in total. The van der Waals surface area contributed by atoms with E-state index in [2.05, 4.69) is 4.98 Å². The van der Waals surface area contributed by atoms with Gasteiger partial charge in [-0.1, -0.05) is 0 Å². The van der Waals surface area contributed by atoms with Crippen LogP contribution in [-0.4, -0.2) is 16.1 Å². The molecular formula is C12H12N2O2S2. The monoisotopic (exact) mass is 280 g/mol. The number of hydrogen-bond donors (Lipinski definition) is 2. The number of carboxylic acids is 1.